The predicted octanol–water partition coefficient (Wildman–Crippen LogP) is 2.48. The van der Waals surface area contributed by atoms with Crippen molar-refractivity contribution in [2.45, 2.75) is 5.41 Å². The van der Waals surface area contributed by atoms with Crippen LogP contribution in [0.25, 0.3) is 0 Å². The molecule has 0 saturated heterocycles. The highest BCUT2D eigenvalue weighted by atomic mass is 19.1. The van der Waals surface area contributed by atoms with Crippen LogP contribution >= 0.6 is 0 Å². The minimum absolute atomic E-state index is 0.268. The van der Waals surface area contributed by atoms with Crippen LogP contribution in [0.1, 0.15) is 31.8 Å². The van der Waals surface area contributed by atoms with Gasteiger partial charge in [-0.3, -0.25) is 19.3 Å². The molecule has 1 aliphatic heterocycles. The van der Waals surface area contributed by atoms with Gasteiger partial charge >= 0.3 is 0 Å². The van der Waals surface area contributed by atoms with Crippen LogP contribution in [-0.2, 0) is 10.2 Å². The van der Waals surface area contributed by atoms with E-state index in [4.69, 9.17) is 0 Å². The smallest absolute Gasteiger partial charge is 0.260 e. The molecule has 0 saturated carbocycles. The van der Waals surface area contributed by atoms with E-state index in [2.05, 4.69) is 0 Å². The Labute approximate surface area is 137 Å². The van der Waals surface area contributed by atoms with E-state index in [1.54, 1.807) is 24.3 Å². The first-order valence-electron chi connectivity index (χ1n) is 7.42. The van der Waals surface area contributed by atoms with E-state index < -0.39 is 23.0 Å². The molecule has 0 N–H and O–H groups in total. The molecular weight excluding hydrogens is 309 g/mol. The van der Waals surface area contributed by atoms with Crippen molar-refractivity contribution >= 4 is 17.6 Å². The standard InChI is InChI=1S/C19H12FNO3/c1-21-17(23)13-4-2-3-5-14(13)19(18(21)24)9-8-16(22)12-7-6-11(20)10-15(12)19/h2-10H,1H3. The summed E-state index contributed by atoms with van der Waals surface area (Å²) in [7, 11) is 1.39. The van der Waals surface area contributed by atoms with Gasteiger partial charge in [-0.25, -0.2) is 4.39 Å². The zero-order valence-corrected chi connectivity index (χ0v) is 12.7. The Morgan fingerprint density at radius 1 is 0.958 bits per heavy atom. The summed E-state index contributed by atoms with van der Waals surface area (Å²) >= 11 is 0. The van der Waals surface area contributed by atoms with Gasteiger partial charge in [0, 0.05) is 18.2 Å². The molecule has 1 atom stereocenters. The summed E-state index contributed by atoms with van der Waals surface area (Å²) in [6.45, 7) is 0. The number of fused-ring (bicyclic) bond motifs is 4. The van der Waals surface area contributed by atoms with Crippen molar-refractivity contribution in [2.75, 3.05) is 7.05 Å². The number of amides is 2. The summed E-state index contributed by atoms with van der Waals surface area (Å²) in [6, 6.07) is 10.5. The molecule has 0 fully saturated rings. The van der Waals surface area contributed by atoms with Crippen LogP contribution in [0, 0.1) is 5.82 Å². The molecule has 2 aromatic carbocycles. The van der Waals surface area contributed by atoms with Gasteiger partial charge in [0.25, 0.3) is 5.91 Å². The highest BCUT2D eigenvalue weighted by Crippen LogP contribution is 2.44. The van der Waals surface area contributed by atoms with Gasteiger partial charge in [-0.05, 0) is 41.5 Å². The van der Waals surface area contributed by atoms with Crippen molar-refractivity contribution in [3.8, 4) is 0 Å². The Hall–Kier alpha value is -3.08. The molecule has 1 spiro atoms. The van der Waals surface area contributed by atoms with Crippen LogP contribution in [0.5, 0.6) is 0 Å². The molecule has 0 radical (unpaired) electrons. The molecule has 4 nitrogen and oxygen atoms in total. The number of rotatable bonds is 0. The Morgan fingerprint density at radius 3 is 2.50 bits per heavy atom. The van der Waals surface area contributed by atoms with Crippen LogP contribution in [0.2, 0.25) is 0 Å². The van der Waals surface area contributed by atoms with Crippen molar-refractivity contribution in [1.29, 1.82) is 0 Å². The molecule has 0 bridgehead atoms. The normalized spacial score (nSPS) is 21.9. The molecule has 2 aromatic rings. The highest BCUT2D eigenvalue weighted by Gasteiger charge is 2.51. The number of allylic oxidation sites excluding steroid dienone is 1. The molecular formula is C19H12FNO3. The summed E-state index contributed by atoms with van der Waals surface area (Å²) < 4.78 is 13.9. The van der Waals surface area contributed by atoms with Gasteiger partial charge in [-0.2, -0.15) is 0 Å². The van der Waals surface area contributed by atoms with E-state index in [1.807, 2.05) is 0 Å². The van der Waals surface area contributed by atoms with Crippen molar-refractivity contribution in [2.24, 2.45) is 0 Å². The van der Waals surface area contributed by atoms with E-state index in [0.717, 1.165) is 4.90 Å². The second-order valence-corrected chi connectivity index (χ2v) is 5.91. The maximum absolute atomic E-state index is 13.9. The molecule has 24 heavy (non-hydrogen) atoms. The molecule has 2 aliphatic rings. The lowest BCUT2D eigenvalue weighted by atomic mass is 9.65. The zero-order chi connectivity index (χ0) is 17.1. The lowest BCUT2D eigenvalue weighted by Crippen LogP contribution is -2.53. The van der Waals surface area contributed by atoms with Gasteiger partial charge in [0.2, 0.25) is 5.91 Å². The summed E-state index contributed by atoms with van der Waals surface area (Å²) in [5.41, 5.74) is 0.00374. The minimum atomic E-state index is -1.37. The van der Waals surface area contributed by atoms with Gasteiger partial charge in [0.1, 0.15) is 11.2 Å². The Morgan fingerprint density at radius 2 is 1.71 bits per heavy atom. The topological polar surface area (TPSA) is 54.5 Å². The first-order chi connectivity index (χ1) is 11.5. The zero-order valence-electron chi connectivity index (χ0n) is 12.7. The largest absolute Gasteiger partial charge is 0.289 e. The first kappa shape index (κ1) is 14.5. The fraction of sp³-hybridized carbons (Fsp3) is 0.105. The van der Waals surface area contributed by atoms with Crippen molar-refractivity contribution in [3.63, 3.8) is 0 Å². The first-order valence-corrected chi connectivity index (χ1v) is 7.42. The number of halogens is 1. The molecule has 4 rings (SSSR count). The summed E-state index contributed by atoms with van der Waals surface area (Å²) in [5, 5.41) is 0. The van der Waals surface area contributed by atoms with E-state index >= 15 is 0 Å². The van der Waals surface area contributed by atoms with E-state index in [-0.39, 0.29) is 16.9 Å². The van der Waals surface area contributed by atoms with Crippen molar-refractivity contribution in [3.05, 3.63) is 82.7 Å². The minimum Gasteiger partial charge on any atom is -0.289 e. The van der Waals surface area contributed by atoms with Crippen LogP contribution in [0.4, 0.5) is 4.39 Å². The van der Waals surface area contributed by atoms with E-state index in [0.29, 0.717) is 11.1 Å². The number of carbonyl (C=O) groups is 3. The third-order valence-corrected chi connectivity index (χ3v) is 4.69. The predicted molar refractivity (Wildman–Crippen MR) is 84.2 cm³/mol. The lowest BCUT2D eigenvalue weighted by molar-refractivity contribution is -0.131. The maximum Gasteiger partial charge on any atom is 0.260 e. The van der Waals surface area contributed by atoms with Crippen LogP contribution in [-0.4, -0.2) is 29.5 Å². The Balaban J connectivity index is 2.15. The lowest BCUT2D eigenvalue weighted by Gasteiger charge is -2.41. The molecule has 0 aromatic heterocycles. The third-order valence-electron chi connectivity index (χ3n) is 4.69. The number of ketones is 1. The number of likely N-dealkylation sites (N-methyl/N-ethyl adjacent to an activating group) is 1. The second-order valence-electron chi connectivity index (χ2n) is 5.91. The number of hydrogen-bond acceptors (Lipinski definition) is 3. The molecule has 2 amide bonds. The summed E-state index contributed by atoms with van der Waals surface area (Å²) in [4.78, 5) is 38.7. The fourth-order valence-corrected chi connectivity index (χ4v) is 3.53. The summed E-state index contributed by atoms with van der Waals surface area (Å²) in [5.74, 6) is -1.74. The van der Waals surface area contributed by atoms with Gasteiger partial charge in [0.05, 0.1) is 0 Å². The number of nitrogens with zero attached hydrogens (tertiary/aromatic N) is 1. The van der Waals surface area contributed by atoms with E-state index in [9.17, 15) is 18.8 Å². The van der Waals surface area contributed by atoms with Crippen molar-refractivity contribution < 1.29 is 18.8 Å². The molecule has 5 heteroatoms. The molecule has 1 aliphatic carbocycles. The second kappa shape index (κ2) is 4.71. The Kier molecular flexibility index (Phi) is 2.85. The van der Waals surface area contributed by atoms with Crippen LogP contribution in [0.15, 0.2) is 54.6 Å². The van der Waals surface area contributed by atoms with Crippen LogP contribution < -0.4 is 0 Å². The number of hydrogen-bond donors (Lipinski definition) is 0. The quantitative estimate of drug-likeness (QED) is 0.701. The van der Waals surface area contributed by atoms with Gasteiger partial charge in [-0.15, -0.1) is 0 Å². The highest BCUT2D eigenvalue weighted by molar-refractivity contribution is 6.18. The number of benzene rings is 2. The number of carbonyl (C=O) groups excluding carboxylic acids is 3. The fourth-order valence-electron chi connectivity index (χ4n) is 3.53. The number of imide groups is 1. The maximum atomic E-state index is 13.9. The van der Waals surface area contributed by atoms with Gasteiger partial charge in [-0.1, -0.05) is 24.3 Å². The van der Waals surface area contributed by atoms with Gasteiger partial charge in [0.15, 0.2) is 5.78 Å². The average molecular weight is 321 g/mol. The average Bonchev–Trinajstić information content (AvgIpc) is 2.60. The molecule has 1 unspecified atom stereocenters. The Bertz CT molecular complexity index is 963. The van der Waals surface area contributed by atoms with Gasteiger partial charge < -0.3 is 0 Å². The third kappa shape index (κ3) is 1.64. The summed E-state index contributed by atoms with van der Waals surface area (Å²) in [6.07, 6.45) is 2.79. The molecule has 1 heterocycles. The van der Waals surface area contributed by atoms with E-state index in [1.165, 1.54) is 37.4 Å². The SMILES string of the molecule is CN1C(=O)c2ccccc2C2(C=CC(=O)c3ccc(F)cc32)C1=O. The monoisotopic (exact) mass is 321 g/mol. The molecule has 118 valence electrons. The van der Waals surface area contributed by atoms with Crippen LogP contribution in [0.3, 0.4) is 0 Å². The van der Waals surface area contributed by atoms with Crippen molar-refractivity contribution in [1.82, 2.24) is 4.90 Å².